The molecule has 3 rings (SSSR count). The first-order chi connectivity index (χ1) is 11.0. The highest BCUT2D eigenvalue weighted by atomic mass is 35.5. The van der Waals surface area contributed by atoms with Gasteiger partial charge >= 0.3 is 0 Å². The van der Waals surface area contributed by atoms with Gasteiger partial charge in [-0.3, -0.25) is 4.79 Å². The van der Waals surface area contributed by atoms with Crippen molar-refractivity contribution in [3.05, 3.63) is 75.4 Å². The number of nitrogens with zero attached hydrogens (tertiary/aromatic N) is 1. The summed E-state index contributed by atoms with van der Waals surface area (Å²) in [4.78, 5) is 16.5. The zero-order valence-electron chi connectivity index (χ0n) is 13.1. The number of carbonyl (C=O) groups excluding carboxylic acids is 1. The molecular weight excluding hydrogens is 308 g/mol. The number of carbonyl (C=O) groups is 1. The predicted molar refractivity (Wildman–Crippen MR) is 94.6 cm³/mol. The summed E-state index contributed by atoms with van der Waals surface area (Å²) in [5.74, 6) is 0.502. The van der Waals surface area contributed by atoms with Gasteiger partial charge in [0.15, 0.2) is 0 Å². The van der Waals surface area contributed by atoms with Gasteiger partial charge in [0.1, 0.15) is 11.5 Å². The van der Waals surface area contributed by atoms with Crippen LogP contribution in [0.1, 0.15) is 22.3 Å². The molecule has 0 atom stereocenters. The molecule has 0 spiro atoms. The van der Waals surface area contributed by atoms with Crippen molar-refractivity contribution in [2.24, 2.45) is 4.99 Å². The van der Waals surface area contributed by atoms with Crippen molar-refractivity contribution in [1.82, 2.24) is 5.32 Å². The van der Waals surface area contributed by atoms with Gasteiger partial charge in [-0.15, -0.1) is 0 Å². The van der Waals surface area contributed by atoms with Gasteiger partial charge in [0.2, 0.25) is 0 Å². The third-order valence-corrected chi connectivity index (χ3v) is 4.00. The third kappa shape index (κ3) is 3.69. The largest absolute Gasteiger partial charge is 0.308 e. The summed E-state index contributed by atoms with van der Waals surface area (Å²) in [6, 6.07) is 13.7. The fraction of sp³-hybridized carbons (Fsp3) is 0.158. The Kier molecular flexibility index (Phi) is 4.30. The van der Waals surface area contributed by atoms with E-state index in [-0.39, 0.29) is 5.91 Å². The smallest absolute Gasteiger partial charge is 0.275 e. The quantitative estimate of drug-likeness (QED) is 0.850. The lowest BCUT2D eigenvalue weighted by Crippen LogP contribution is -2.25. The van der Waals surface area contributed by atoms with Crippen molar-refractivity contribution >= 4 is 29.4 Å². The molecule has 23 heavy (non-hydrogen) atoms. The van der Waals surface area contributed by atoms with Crippen molar-refractivity contribution < 1.29 is 4.79 Å². The normalized spacial score (nSPS) is 15.7. The van der Waals surface area contributed by atoms with E-state index in [0.717, 1.165) is 16.7 Å². The lowest BCUT2D eigenvalue weighted by atomic mass is 10.0. The number of aryl methyl sites for hydroxylation is 2. The van der Waals surface area contributed by atoms with Gasteiger partial charge in [0.05, 0.1) is 0 Å². The highest BCUT2D eigenvalue weighted by Crippen LogP contribution is 2.18. The molecule has 1 amide bonds. The van der Waals surface area contributed by atoms with Crippen LogP contribution in [0, 0.1) is 13.8 Å². The van der Waals surface area contributed by atoms with Crippen LogP contribution in [-0.2, 0) is 11.2 Å². The van der Waals surface area contributed by atoms with Gasteiger partial charge in [0.25, 0.3) is 5.91 Å². The molecule has 1 aliphatic heterocycles. The van der Waals surface area contributed by atoms with E-state index in [1.54, 1.807) is 0 Å². The highest BCUT2D eigenvalue weighted by Gasteiger charge is 2.20. The molecule has 0 fully saturated rings. The molecule has 1 N–H and O–H groups in total. The van der Waals surface area contributed by atoms with E-state index in [0.29, 0.717) is 23.0 Å². The first-order valence-electron chi connectivity index (χ1n) is 7.43. The number of amidine groups is 1. The maximum absolute atomic E-state index is 12.1. The molecule has 0 saturated heterocycles. The van der Waals surface area contributed by atoms with Gasteiger partial charge < -0.3 is 5.32 Å². The summed E-state index contributed by atoms with van der Waals surface area (Å²) in [7, 11) is 0. The second kappa shape index (κ2) is 6.39. The Balaban J connectivity index is 1.83. The molecule has 0 unspecified atom stereocenters. The fourth-order valence-electron chi connectivity index (χ4n) is 2.53. The van der Waals surface area contributed by atoms with E-state index >= 15 is 0 Å². The van der Waals surface area contributed by atoms with Crippen LogP contribution in [0.5, 0.6) is 0 Å². The number of nitrogens with one attached hydrogen (secondary N) is 1. The Morgan fingerprint density at radius 3 is 2.57 bits per heavy atom. The summed E-state index contributed by atoms with van der Waals surface area (Å²) in [6.45, 7) is 4.08. The molecule has 3 nitrogen and oxygen atoms in total. The van der Waals surface area contributed by atoms with Gasteiger partial charge in [-0.25, -0.2) is 4.99 Å². The number of halogens is 1. The van der Waals surface area contributed by atoms with Gasteiger partial charge in [-0.05, 0) is 48.7 Å². The minimum absolute atomic E-state index is 0.158. The Morgan fingerprint density at radius 2 is 1.87 bits per heavy atom. The molecule has 1 aliphatic rings. The second-order valence-electron chi connectivity index (χ2n) is 5.71. The van der Waals surface area contributed by atoms with E-state index in [1.165, 1.54) is 5.56 Å². The standard InChI is InChI=1S/C19H17ClN2O/c1-12-3-6-15(13(2)9-12)11-17-19(23)22-18(21-17)10-14-4-7-16(20)8-5-14/h3-9,11H,10H2,1-2H3,(H,21,22,23)/b17-11-. The highest BCUT2D eigenvalue weighted by molar-refractivity contribution is 6.30. The fourth-order valence-corrected chi connectivity index (χ4v) is 2.66. The monoisotopic (exact) mass is 324 g/mol. The van der Waals surface area contributed by atoms with Gasteiger partial charge in [-0.1, -0.05) is 47.5 Å². The van der Waals surface area contributed by atoms with E-state index in [4.69, 9.17) is 11.6 Å². The van der Waals surface area contributed by atoms with Crippen molar-refractivity contribution in [2.45, 2.75) is 20.3 Å². The SMILES string of the molecule is Cc1ccc(/C=C2\N=C(Cc3ccc(Cl)cc3)NC2=O)c(C)c1. The summed E-state index contributed by atoms with van der Waals surface area (Å²) in [6.07, 6.45) is 2.41. The molecule has 2 aromatic carbocycles. The molecular formula is C19H17ClN2O. The van der Waals surface area contributed by atoms with Crippen LogP contribution in [0.3, 0.4) is 0 Å². The molecule has 0 aliphatic carbocycles. The van der Waals surface area contributed by atoms with Crippen molar-refractivity contribution in [3.8, 4) is 0 Å². The number of rotatable bonds is 3. The first kappa shape index (κ1) is 15.5. The van der Waals surface area contributed by atoms with E-state index < -0.39 is 0 Å². The zero-order valence-corrected chi connectivity index (χ0v) is 13.8. The van der Waals surface area contributed by atoms with Crippen LogP contribution in [0.4, 0.5) is 0 Å². The molecule has 0 bridgehead atoms. The summed E-state index contributed by atoms with van der Waals surface area (Å²) in [5.41, 5.74) is 4.85. The lowest BCUT2D eigenvalue weighted by molar-refractivity contribution is -0.115. The van der Waals surface area contributed by atoms with E-state index in [9.17, 15) is 4.79 Å². The lowest BCUT2D eigenvalue weighted by Gasteiger charge is -2.01. The van der Waals surface area contributed by atoms with Crippen molar-refractivity contribution in [3.63, 3.8) is 0 Å². The van der Waals surface area contributed by atoms with Gasteiger partial charge in [-0.2, -0.15) is 0 Å². The Bertz CT molecular complexity index is 820. The minimum atomic E-state index is -0.158. The predicted octanol–water partition coefficient (Wildman–Crippen LogP) is 4.07. The summed E-state index contributed by atoms with van der Waals surface area (Å²) < 4.78 is 0. The van der Waals surface area contributed by atoms with Crippen LogP contribution in [0.25, 0.3) is 6.08 Å². The zero-order chi connectivity index (χ0) is 16.4. The Morgan fingerprint density at radius 1 is 1.13 bits per heavy atom. The number of amides is 1. The number of hydrogen-bond donors (Lipinski definition) is 1. The average molecular weight is 325 g/mol. The van der Waals surface area contributed by atoms with Crippen LogP contribution < -0.4 is 5.32 Å². The maximum Gasteiger partial charge on any atom is 0.275 e. The number of aliphatic imine (C=N–C) groups is 1. The average Bonchev–Trinajstić information content (AvgIpc) is 2.84. The summed E-state index contributed by atoms with van der Waals surface area (Å²) in [5, 5.41) is 3.52. The molecule has 4 heteroatoms. The molecule has 0 saturated carbocycles. The Hall–Kier alpha value is -2.39. The Labute approximate surface area is 140 Å². The van der Waals surface area contributed by atoms with Crippen LogP contribution in [-0.4, -0.2) is 11.7 Å². The topological polar surface area (TPSA) is 41.5 Å². The van der Waals surface area contributed by atoms with Crippen molar-refractivity contribution in [1.29, 1.82) is 0 Å². The minimum Gasteiger partial charge on any atom is -0.308 e. The second-order valence-corrected chi connectivity index (χ2v) is 6.14. The van der Waals surface area contributed by atoms with Crippen molar-refractivity contribution in [2.75, 3.05) is 0 Å². The molecule has 116 valence electrons. The molecule has 2 aromatic rings. The molecule has 0 aromatic heterocycles. The van der Waals surface area contributed by atoms with E-state index in [2.05, 4.69) is 23.3 Å². The molecule has 0 radical (unpaired) electrons. The first-order valence-corrected chi connectivity index (χ1v) is 7.81. The van der Waals surface area contributed by atoms with E-state index in [1.807, 2.05) is 49.4 Å². The number of hydrogen-bond acceptors (Lipinski definition) is 2. The maximum atomic E-state index is 12.1. The van der Waals surface area contributed by atoms with Crippen LogP contribution in [0.15, 0.2) is 53.2 Å². The van der Waals surface area contributed by atoms with Crippen LogP contribution >= 0.6 is 11.6 Å². The third-order valence-electron chi connectivity index (χ3n) is 3.75. The summed E-state index contributed by atoms with van der Waals surface area (Å²) >= 11 is 5.88. The number of benzene rings is 2. The van der Waals surface area contributed by atoms with Crippen LogP contribution in [0.2, 0.25) is 5.02 Å². The molecule has 1 heterocycles. The van der Waals surface area contributed by atoms with Gasteiger partial charge in [0, 0.05) is 11.4 Å².